The maximum Gasteiger partial charge on any atom is 0.314 e. The van der Waals surface area contributed by atoms with Gasteiger partial charge in [0.15, 0.2) is 0 Å². The van der Waals surface area contributed by atoms with Crippen LogP contribution in [0.25, 0.3) is 0 Å². The lowest BCUT2D eigenvalue weighted by atomic mass is 9.82. The lowest BCUT2D eigenvalue weighted by Crippen LogP contribution is -2.47. The van der Waals surface area contributed by atoms with Crippen molar-refractivity contribution in [2.24, 2.45) is 5.41 Å². The highest BCUT2D eigenvalue weighted by Crippen LogP contribution is 2.25. The van der Waals surface area contributed by atoms with E-state index in [2.05, 4.69) is 29.4 Å². The van der Waals surface area contributed by atoms with Gasteiger partial charge in [-0.1, -0.05) is 27.7 Å². The number of carboxylic acid groups (broad SMARTS) is 1. The SMILES string of the molecule is CCN(CC)CCNC(=O)NCC(CC)(CC)C(=O)O. The second-order valence-electron chi connectivity index (χ2n) is 4.93. The van der Waals surface area contributed by atoms with Gasteiger partial charge in [-0.15, -0.1) is 0 Å². The Bertz CT molecular complexity index is 300. The zero-order valence-corrected chi connectivity index (χ0v) is 13.2. The van der Waals surface area contributed by atoms with Crippen LogP contribution in [-0.2, 0) is 4.79 Å². The van der Waals surface area contributed by atoms with Gasteiger partial charge in [0.25, 0.3) is 0 Å². The van der Waals surface area contributed by atoms with E-state index in [1.165, 1.54) is 0 Å². The molecule has 0 atom stereocenters. The van der Waals surface area contributed by atoms with Gasteiger partial charge < -0.3 is 20.6 Å². The fraction of sp³-hybridized carbons (Fsp3) is 0.857. The van der Waals surface area contributed by atoms with E-state index in [9.17, 15) is 14.7 Å². The first kappa shape index (κ1) is 18.7. The van der Waals surface area contributed by atoms with Gasteiger partial charge in [-0.3, -0.25) is 4.79 Å². The fourth-order valence-electron chi connectivity index (χ4n) is 2.06. The van der Waals surface area contributed by atoms with Gasteiger partial charge in [0.2, 0.25) is 0 Å². The van der Waals surface area contributed by atoms with Gasteiger partial charge in [-0.2, -0.15) is 0 Å². The maximum absolute atomic E-state index is 11.7. The normalized spacial score (nSPS) is 11.4. The highest BCUT2D eigenvalue weighted by molar-refractivity contribution is 5.78. The number of carbonyl (C=O) groups excluding carboxylic acids is 1. The van der Waals surface area contributed by atoms with E-state index in [0.717, 1.165) is 19.6 Å². The molecule has 0 saturated heterocycles. The summed E-state index contributed by atoms with van der Waals surface area (Å²) in [6.07, 6.45) is 0.997. The monoisotopic (exact) mass is 287 g/mol. The molecular formula is C14H29N3O3. The van der Waals surface area contributed by atoms with Crippen LogP contribution in [0.3, 0.4) is 0 Å². The number of hydrogen-bond acceptors (Lipinski definition) is 3. The van der Waals surface area contributed by atoms with Crippen molar-refractivity contribution in [3.05, 3.63) is 0 Å². The minimum atomic E-state index is -0.865. The molecule has 3 N–H and O–H groups in total. The van der Waals surface area contributed by atoms with Crippen LogP contribution in [0.1, 0.15) is 40.5 Å². The summed E-state index contributed by atoms with van der Waals surface area (Å²) >= 11 is 0. The van der Waals surface area contributed by atoms with E-state index in [1.54, 1.807) is 0 Å². The number of amides is 2. The predicted octanol–water partition coefficient (Wildman–Crippen LogP) is 1.52. The summed E-state index contributed by atoms with van der Waals surface area (Å²) in [5.41, 5.74) is -0.865. The summed E-state index contributed by atoms with van der Waals surface area (Å²) in [6, 6.07) is -0.301. The van der Waals surface area contributed by atoms with Crippen LogP contribution in [0.5, 0.6) is 0 Å². The van der Waals surface area contributed by atoms with Crippen molar-refractivity contribution < 1.29 is 14.7 Å². The summed E-state index contributed by atoms with van der Waals surface area (Å²) in [7, 11) is 0. The van der Waals surface area contributed by atoms with Crippen molar-refractivity contribution in [1.29, 1.82) is 0 Å². The highest BCUT2D eigenvalue weighted by atomic mass is 16.4. The largest absolute Gasteiger partial charge is 0.481 e. The van der Waals surface area contributed by atoms with Gasteiger partial charge in [0.1, 0.15) is 0 Å². The van der Waals surface area contributed by atoms with E-state index in [0.29, 0.717) is 19.4 Å². The molecule has 0 bridgehead atoms. The number of hydrogen-bond donors (Lipinski definition) is 3. The Kier molecular flexibility index (Phi) is 8.96. The molecular weight excluding hydrogens is 258 g/mol. The molecule has 0 rings (SSSR count). The molecule has 6 heteroatoms. The molecule has 0 spiro atoms. The predicted molar refractivity (Wildman–Crippen MR) is 79.8 cm³/mol. The number of urea groups is 1. The standard InChI is InChI=1S/C14H29N3O3/c1-5-14(6-2,12(18)19)11-16-13(20)15-9-10-17(7-3)8-4/h5-11H2,1-4H3,(H,18,19)(H2,15,16,20). The minimum absolute atomic E-state index is 0.159. The number of carboxylic acids is 1. The summed E-state index contributed by atoms with van der Waals surface area (Å²) in [6.45, 7) is 11.2. The first-order valence-corrected chi connectivity index (χ1v) is 7.43. The van der Waals surface area contributed by atoms with E-state index in [1.807, 2.05) is 13.8 Å². The molecule has 0 aliphatic heterocycles. The number of nitrogens with one attached hydrogen (secondary N) is 2. The second-order valence-corrected chi connectivity index (χ2v) is 4.93. The number of likely N-dealkylation sites (N-methyl/N-ethyl adjacent to an activating group) is 1. The Morgan fingerprint density at radius 2 is 1.60 bits per heavy atom. The molecule has 0 aromatic rings. The number of rotatable bonds is 10. The Hall–Kier alpha value is -1.30. The molecule has 0 radical (unpaired) electrons. The Labute approximate surface area is 121 Å². The Morgan fingerprint density at radius 3 is 2.00 bits per heavy atom. The van der Waals surface area contributed by atoms with Gasteiger partial charge in [0.05, 0.1) is 5.41 Å². The first-order valence-electron chi connectivity index (χ1n) is 7.43. The molecule has 0 saturated carbocycles. The third kappa shape index (κ3) is 5.77. The average molecular weight is 287 g/mol. The number of carbonyl (C=O) groups is 2. The number of aliphatic carboxylic acids is 1. The van der Waals surface area contributed by atoms with Crippen molar-refractivity contribution >= 4 is 12.0 Å². The van der Waals surface area contributed by atoms with Crippen LogP contribution in [0, 0.1) is 5.41 Å². The van der Waals surface area contributed by atoms with Crippen molar-refractivity contribution in [2.75, 3.05) is 32.7 Å². The quantitative estimate of drug-likeness (QED) is 0.569. The first-order chi connectivity index (χ1) is 9.45. The lowest BCUT2D eigenvalue weighted by Gasteiger charge is -2.27. The molecule has 6 nitrogen and oxygen atoms in total. The molecule has 0 unspecified atom stereocenters. The van der Waals surface area contributed by atoms with Crippen LogP contribution in [0.2, 0.25) is 0 Å². The molecule has 20 heavy (non-hydrogen) atoms. The molecule has 0 fully saturated rings. The third-order valence-corrected chi connectivity index (χ3v) is 4.00. The maximum atomic E-state index is 11.7. The molecule has 0 heterocycles. The fourth-order valence-corrected chi connectivity index (χ4v) is 2.06. The smallest absolute Gasteiger partial charge is 0.314 e. The summed E-state index contributed by atoms with van der Waals surface area (Å²) in [5, 5.41) is 14.7. The topological polar surface area (TPSA) is 81.7 Å². The summed E-state index contributed by atoms with van der Waals surface area (Å²) in [5.74, 6) is -0.856. The van der Waals surface area contributed by atoms with Crippen LogP contribution in [0.15, 0.2) is 0 Å². The second kappa shape index (κ2) is 9.58. The molecule has 2 amide bonds. The van der Waals surface area contributed by atoms with Crippen LogP contribution >= 0.6 is 0 Å². The van der Waals surface area contributed by atoms with Gasteiger partial charge >= 0.3 is 12.0 Å². The van der Waals surface area contributed by atoms with Crippen molar-refractivity contribution in [3.63, 3.8) is 0 Å². The number of nitrogens with zero attached hydrogens (tertiary/aromatic N) is 1. The Balaban J connectivity index is 4.12. The minimum Gasteiger partial charge on any atom is -0.481 e. The summed E-state index contributed by atoms with van der Waals surface area (Å²) in [4.78, 5) is 25.2. The third-order valence-electron chi connectivity index (χ3n) is 4.00. The molecule has 118 valence electrons. The van der Waals surface area contributed by atoms with E-state index in [4.69, 9.17) is 0 Å². The van der Waals surface area contributed by atoms with Gasteiger partial charge in [0, 0.05) is 19.6 Å². The van der Waals surface area contributed by atoms with Crippen LogP contribution in [0.4, 0.5) is 4.79 Å². The van der Waals surface area contributed by atoms with E-state index in [-0.39, 0.29) is 12.6 Å². The lowest BCUT2D eigenvalue weighted by molar-refractivity contribution is -0.149. The van der Waals surface area contributed by atoms with Gasteiger partial charge in [-0.25, -0.2) is 4.79 Å². The molecule has 0 aliphatic rings. The molecule has 0 aromatic heterocycles. The van der Waals surface area contributed by atoms with E-state index >= 15 is 0 Å². The molecule has 0 aliphatic carbocycles. The van der Waals surface area contributed by atoms with Crippen LogP contribution in [-0.4, -0.2) is 54.7 Å². The van der Waals surface area contributed by atoms with Crippen LogP contribution < -0.4 is 10.6 Å². The zero-order chi connectivity index (χ0) is 15.6. The summed E-state index contributed by atoms with van der Waals surface area (Å²) < 4.78 is 0. The van der Waals surface area contributed by atoms with Crippen molar-refractivity contribution in [2.45, 2.75) is 40.5 Å². The highest BCUT2D eigenvalue weighted by Gasteiger charge is 2.35. The van der Waals surface area contributed by atoms with Gasteiger partial charge in [-0.05, 0) is 25.9 Å². The zero-order valence-electron chi connectivity index (χ0n) is 13.2. The van der Waals surface area contributed by atoms with E-state index < -0.39 is 11.4 Å². The van der Waals surface area contributed by atoms with Crippen molar-refractivity contribution in [1.82, 2.24) is 15.5 Å². The Morgan fingerprint density at radius 1 is 1.05 bits per heavy atom. The average Bonchev–Trinajstić information content (AvgIpc) is 2.45. The molecule has 0 aromatic carbocycles. The van der Waals surface area contributed by atoms with Crippen molar-refractivity contribution in [3.8, 4) is 0 Å².